The lowest BCUT2D eigenvalue weighted by Gasteiger charge is -2.32. The number of aromatic nitrogens is 2. The van der Waals surface area contributed by atoms with Crippen LogP contribution in [0.2, 0.25) is 0 Å². The Hall–Kier alpha value is -1.67. The molecule has 0 saturated carbocycles. The molecule has 1 N–H and O–H groups in total. The molecule has 0 bridgehead atoms. The van der Waals surface area contributed by atoms with Gasteiger partial charge in [0.15, 0.2) is 5.82 Å². The van der Waals surface area contributed by atoms with Crippen molar-refractivity contribution in [3.8, 4) is 0 Å². The molecule has 0 aliphatic carbocycles. The number of carbonyl (C=O) groups excluding carboxylic acids is 1. The van der Waals surface area contributed by atoms with Crippen molar-refractivity contribution < 1.29 is 18.8 Å². The molecule has 0 radical (unpaired) electrons. The van der Waals surface area contributed by atoms with Crippen molar-refractivity contribution in [3.05, 3.63) is 11.7 Å². The Balaban J connectivity index is 1.76. The van der Waals surface area contributed by atoms with Crippen LogP contribution in [0.1, 0.15) is 25.1 Å². The van der Waals surface area contributed by atoms with Crippen LogP contribution in [-0.4, -0.2) is 60.6 Å². The molecule has 2 heterocycles. The second-order valence-electron chi connectivity index (χ2n) is 4.84. The number of aryl methyl sites for hydroxylation is 1. The lowest BCUT2D eigenvalue weighted by molar-refractivity contribution is -0.0277. The number of carbonyl (C=O) groups is 1. The van der Waals surface area contributed by atoms with Crippen molar-refractivity contribution in [1.29, 1.82) is 0 Å². The van der Waals surface area contributed by atoms with Gasteiger partial charge in [0.1, 0.15) is 0 Å². The Morgan fingerprint density at radius 3 is 3.14 bits per heavy atom. The molecule has 1 unspecified atom stereocenters. The summed E-state index contributed by atoms with van der Waals surface area (Å²) in [6.45, 7) is 4.51. The molecular weight excluding hydrogens is 276 g/mol. The Kier molecular flexibility index (Phi) is 5.94. The average Bonchev–Trinajstić information content (AvgIpc) is 2.99. The topological polar surface area (TPSA) is 89.7 Å². The third kappa shape index (κ3) is 4.68. The minimum atomic E-state index is -0.142. The van der Waals surface area contributed by atoms with Gasteiger partial charge in [-0.25, -0.2) is 4.79 Å². The van der Waals surface area contributed by atoms with Gasteiger partial charge < -0.3 is 24.2 Å². The average molecular weight is 298 g/mol. The van der Waals surface area contributed by atoms with E-state index in [-0.39, 0.29) is 18.7 Å². The number of morpholine rings is 1. The summed E-state index contributed by atoms with van der Waals surface area (Å²) in [5, 5.41) is 6.57. The molecule has 21 heavy (non-hydrogen) atoms. The van der Waals surface area contributed by atoms with Crippen LogP contribution in [0, 0.1) is 0 Å². The van der Waals surface area contributed by atoms with Crippen LogP contribution in [0.25, 0.3) is 0 Å². The zero-order chi connectivity index (χ0) is 15.1. The van der Waals surface area contributed by atoms with E-state index in [4.69, 9.17) is 14.0 Å². The van der Waals surface area contributed by atoms with Crippen LogP contribution in [0.5, 0.6) is 0 Å². The molecule has 8 heteroatoms. The van der Waals surface area contributed by atoms with E-state index < -0.39 is 0 Å². The molecule has 8 nitrogen and oxygen atoms in total. The second-order valence-corrected chi connectivity index (χ2v) is 4.84. The largest absolute Gasteiger partial charge is 0.385 e. The Bertz CT molecular complexity index is 451. The van der Waals surface area contributed by atoms with E-state index >= 15 is 0 Å². The first-order chi connectivity index (χ1) is 10.2. The van der Waals surface area contributed by atoms with Gasteiger partial charge in [-0.05, 0) is 6.42 Å². The molecule has 0 spiro atoms. The fourth-order valence-corrected chi connectivity index (χ4v) is 2.10. The van der Waals surface area contributed by atoms with Crippen molar-refractivity contribution in [1.82, 2.24) is 20.4 Å². The minimum Gasteiger partial charge on any atom is -0.385 e. The summed E-state index contributed by atoms with van der Waals surface area (Å²) >= 11 is 0. The van der Waals surface area contributed by atoms with E-state index in [2.05, 4.69) is 15.5 Å². The normalized spacial score (nSPS) is 18.8. The molecule has 118 valence electrons. The van der Waals surface area contributed by atoms with Crippen LogP contribution in [0.3, 0.4) is 0 Å². The van der Waals surface area contributed by atoms with Gasteiger partial charge in [-0.15, -0.1) is 0 Å². The molecule has 1 aliphatic rings. The smallest absolute Gasteiger partial charge is 0.318 e. The van der Waals surface area contributed by atoms with Gasteiger partial charge in [-0.3, -0.25) is 0 Å². The molecular formula is C13H22N4O4. The first-order valence-corrected chi connectivity index (χ1v) is 7.17. The van der Waals surface area contributed by atoms with Crippen molar-refractivity contribution in [2.75, 3.05) is 33.4 Å². The SMILES string of the molecule is CCc1noc(CNC(=O)N2CCOC(CCOC)C2)n1. The highest BCUT2D eigenvalue weighted by atomic mass is 16.5. The third-order valence-electron chi connectivity index (χ3n) is 3.29. The van der Waals surface area contributed by atoms with E-state index in [0.29, 0.717) is 44.4 Å². The summed E-state index contributed by atoms with van der Waals surface area (Å²) in [6, 6.07) is -0.142. The van der Waals surface area contributed by atoms with Crippen LogP contribution < -0.4 is 5.32 Å². The van der Waals surface area contributed by atoms with Gasteiger partial charge in [0, 0.05) is 33.2 Å². The van der Waals surface area contributed by atoms with Crippen molar-refractivity contribution in [2.24, 2.45) is 0 Å². The van der Waals surface area contributed by atoms with Crippen molar-refractivity contribution in [3.63, 3.8) is 0 Å². The predicted octanol–water partition coefficient (Wildman–Crippen LogP) is 0.579. The first-order valence-electron chi connectivity index (χ1n) is 7.17. The summed E-state index contributed by atoms with van der Waals surface area (Å²) in [6.07, 6.45) is 1.52. The molecule has 2 amide bonds. The highest BCUT2D eigenvalue weighted by Crippen LogP contribution is 2.09. The number of methoxy groups -OCH3 is 1. The third-order valence-corrected chi connectivity index (χ3v) is 3.29. The summed E-state index contributed by atoms with van der Waals surface area (Å²) < 4.78 is 15.7. The number of ether oxygens (including phenoxy) is 2. The second kappa shape index (κ2) is 7.94. The van der Waals surface area contributed by atoms with Crippen LogP contribution in [0.4, 0.5) is 4.79 Å². The van der Waals surface area contributed by atoms with Crippen molar-refractivity contribution in [2.45, 2.75) is 32.4 Å². The lowest BCUT2D eigenvalue weighted by atomic mass is 10.2. The monoisotopic (exact) mass is 298 g/mol. The van der Waals surface area contributed by atoms with E-state index in [1.165, 1.54) is 0 Å². The molecule has 1 aromatic heterocycles. The molecule has 1 aromatic rings. The van der Waals surface area contributed by atoms with E-state index in [9.17, 15) is 4.79 Å². The molecule has 2 rings (SSSR count). The number of hydrogen-bond donors (Lipinski definition) is 1. The predicted molar refractivity (Wildman–Crippen MR) is 73.7 cm³/mol. The van der Waals surface area contributed by atoms with Gasteiger partial charge >= 0.3 is 6.03 Å². The fraction of sp³-hybridized carbons (Fsp3) is 0.769. The number of nitrogens with one attached hydrogen (secondary N) is 1. The van der Waals surface area contributed by atoms with Gasteiger partial charge in [-0.1, -0.05) is 12.1 Å². The van der Waals surface area contributed by atoms with Gasteiger partial charge in [0.2, 0.25) is 5.89 Å². The Morgan fingerprint density at radius 2 is 2.43 bits per heavy atom. The fourth-order valence-electron chi connectivity index (χ4n) is 2.10. The quantitative estimate of drug-likeness (QED) is 0.826. The van der Waals surface area contributed by atoms with Crippen LogP contribution in [-0.2, 0) is 22.4 Å². The summed E-state index contributed by atoms with van der Waals surface area (Å²) in [5.41, 5.74) is 0. The molecule has 1 atom stereocenters. The Morgan fingerprint density at radius 1 is 1.57 bits per heavy atom. The zero-order valence-electron chi connectivity index (χ0n) is 12.5. The number of hydrogen-bond acceptors (Lipinski definition) is 6. The molecule has 1 fully saturated rings. The maximum absolute atomic E-state index is 12.1. The van der Waals surface area contributed by atoms with Crippen molar-refractivity contribution >= 4 is 6.03 Å². The van der Waals surface area contributed by atoms with Crippen LogP contribution >= 0.6 is 0 Å². The van der Waals surface area contributed by atoms with Gasteiger partial charge in [0.05, 0.1) is 19.3 Å². The molecule has 1 aliphatic heterocycles. The number of amides is 2. The standard InChI is InChI=1S/C13H22N4O4/c1-3-11-15-12(21-16-11)8-14-13(18)17-5-7-20-10(9-17)4-6-19-2/h10H,3-9H2,1-2H3,(H,14,18). The van der Waals surface area contributed by atoms with E-state index in [1.54, 1.807) is 12.0 Å². The lowest BCUT2D eigenvalue weighted by Crippen LogP contribution is -2.49. The maximum atomic E-state index is 12.1. The molecule has 1 saturated heterocycles. The summed E-state index contributed by atoms with van der Waals surface area (Å²) in [5.74, 6) is 1.06. The highest BCUT2D eigenvalue weighted by molar-refractivity contribution is 5.74. The maximum Gasteiger partial charge on any atom is 0.318 e. The number of urea groups is 1. The van der Waals surface area contributed by atoms with E-state index in [0.717, 1.165) is 6.42 Å². The highest BCUT2D eigenvalue weighted by Gasteiger charge is 2.24. The van der Waals surface area contributed by atoms with Crippen LogP contribution in [0.15, 0.2) is 4.52 Å². The number of rotatable bonds is 6. The van der Waals surface area contributed by atoms with Gasteiger partial charge in [0.25, 0.3) is 0 Å². The zero-order valence-corrected chi connectivity index (χ0v) is 12.5. The summed E-state index contributed by atoms with van der Waals surface area (Å²) in [4.78, 5) is 18.0. The summed E-state index contributed by atoms with van der Waals surface area (Å²) in [7, 11) is 1.66. The first kappa shape index (κ1) is 15.7. The van der Waals surface area contributed by atoms with E-state index in [1.807, 2.05) is 6.92 Å². The van der Waals surface area contributed by atoms with Gasteiger partial charge in [-0.2, -0.15) is 4.98 Å². The number of nitrogens with zero attached hydrogens (tertiary/aromatic N) is 3. The molecule has 0 aromatic carbocycles. The Labute approximate surface area is 123 Å². The minimum absolute atomic E-state index is 0.0274.